The zero-order valence-corrected chi connectivity index (χ0v) is 16.8. The van der Waals surface area contributed by atoms with Crippen molar-refractivity contribution in [1.29, 1.82) is 0 Å². The van der Waals surface area contributed by atoms with Crippen molar-refractivity contribution in [2.75, 3.05) is 20.1 Å². The Balaban J connectivity index is 0.00000225. The quantitative estimate of drug-likeness (QED) is 0.412. The lowest BCUT2D eigenvalue weighted by molar-refractivity contribution is -0.119. The highest BCUT2D eigenvalue weighted by molar-refractivity contribution is 14.0. The van der Waals surface area contributed by atoms with Crippen molar-refractivity contribution in [3.8, 4) is 0 Å². The Morgan fingerprint density at radius 3 is 2.88 bits per heavy atom. The number of carbonyl (C=O) groups is 1. The third-order valence-corrected chi connectivity index (χ3v) is 4.93. The van der Waals surface area contributed by atoms with Gasteiger partial charge in [0, 0.05) is 38.5 Å². The molecule has 3 atom stereocenters. The van der Waals surface area contributed by atoms with Crippen LogP contribution < -0.4 is 11.1 Å². The van der Waals surface area contributed by atoms with E-state index in [4.69, 9.17) is 5.73 Å². The number of likely N-dealkylation sites (tertiary alicyclic amines) is 1. The van der Waals surface area contributed by atoms with Crippen LogP contribution in [-0.4, -0.2) is 42.9 Å². The van der Waals surface area contributed by atoms with Crippen LogP contribution in [0, 0.1) is 11.7 Å². The maximum absolute atomic E-state index is 13.9. The molecule has 0 radical (unpaired) electrons. The molecule has 138 valence electrons. The van der Waals surface area contributed by atoms with Gasteiger partial charge in [0.2, 0.25) is 5.91 Å². The molecule has 1 heterocycles. The van der Waals surface area contributed by atoms with Crippen molar-refractivity contribution in [1.82, 2.24) is 10.2 Å². The van der Waals surface area contributed by atoms with Gasteiger partial charge < -0.3 is 16.0 Å². The monoisotopic (exact) mass is 460 g/mol. The number of carbonyl (C=O) groups excluding carboxylic acids is 1. The summed E-state index contributed by atoms with van der Waals surface area (Å²) in [4.78, 5) is 17.7. The number of halogens is 2. The summed E-state index contributed by atoms with van der Waals surface area (Å²) in [5, 5.41) is 3.45. The lowest BCUT2D eigenvalue weighted by atomic mass is 9.95. The van der Waals surface area contributed by atoms with E-state index in [1.165, 1.54) is 6.07 Å². The standard InChI is InChI=1S/C18H25FN4O.HI/c1-21-18(23-8-4-5-12(11-23)9-17(20)24)22-16-10-14(16)13-6-2-3-7-15(13)19;/h2-3,6-7,12,14,16H,4-5,8-11H2,1H3,(H2,20,24)(H,21,22);1H. The molecule has 2 fully saturated rings. The summed E-state index contributed by atoms with van der Waals surface area (Å²) >= 11 is 0. The number of amides is 1. The van der Waals surface area contributed by atoms with Crippen LogP contribution in [0.4, 0.5) is 4.39 Å². The summed E-state index contributed by atoms with van der Waals surface area (Å²) in [5.74, 6) is 0.950. The molecule has 0 bridgehead atoms. The first-order valence-electron chi connectivity index (χ1n) is 8.59. The summed E-state index contributed by atoms with van der Waals surface area (Å²) in [6.45, 7) is 1.71. The molecular formula is C18H26FIN4O. The molecular weight excluding hydrogens is 434 g/mol. The summed E-state index contributed by atoms with van der Waals surface area (Å²) in [6.07, 6.45) is 3.39. The van der Waals surface area contributed by atoms with Crippen LogP contribution in [0.15, 0.2) is 29.3 Å². The van der Waals surface area contributed by atoms with Gasteiger partial charge in [0.25, 0.3) is 0 Å². The Kier molecular flexibility index (Phi) is 7.04. The van der Waals surface area contributed by atoms with Gasteiger partial charge in [-0.15, -0.1) is 24.0 Å². The van der Waals surface area contributed by atoms with Crippen molar-refractivity contribution in [2.24, 2.45) is 16.6 Å². The van der Waals surface area contributed by atoms with Gasteiger partial charge in [-0.2, -0.15) is 0 Å². The van der Waals surface area contributed by atoms with E-state index < -0.39 is 0 Å². The Labute approximate surface area is 165 Å². The fourth-order valence-electron chi connectivity index (χ4n) is 3.65. The van der Waals surface area contributed by atoms with E-state index >= 15 is 0 Å². The van der Waals surface area contributed by atoms with Gasteiger partial charge in [0.1, 0.15) is 5.82 Å². The molecule has 1 aromatic carbocycles. The number of rotatable bonds is 4. The summed E-state index contributed by atoms with van der Waals surface area (Å²) in [5.41, 5.74) is 6.10. The minimum absolute atomic E-state index is 0. The van der Waals surface area contributed by atoms with Crippen LogP contribution in [0.2, 0.25) is 0 Å². The molecule has 3 N–H and O–H groups in total. The average molecular weight is 460 g/mol. The van der Waals surface area contributed by atoms with E-state index in [2.05, 4.69) is 15.2 Å². The number of nitrogens with one attached hydrogen (secondary N) is 1. The number of piperidine rings is 1. The van der Waals surface area contributed by atoms with Gasteiger partial charge in [-0.1, -0.05) is 18.2 Å². The number of benzene rings is 1. The van der Waals surface area contributed by atoms with Gasteiger partial charge in [0.15, 0.2) is 5.96 Å². The average Bonchev–Trinajstić information content (AvgIpc) is 3.31. The molecule has 5 nitrogen and oxygen atoms in total. The normalized spacial score (nSPS) is 25.9. The molecule has 0 spiro atoms. The number of nitrogens with two attached hydrogens (primary N) is 1. The fourth-order valence-corrected chi connectivity index (χ4v) is 3.65. The molecule has 1 aliphatic heterocycles. The van der Waals surface area contributed by atoms with E-state index in [9.17, 15) is 9.18 Å². The first-order valence-corrected chi connectivity index (χ1v) is 8.59. The second-order valence-corrected chi connectivity index (χ2v) is 6.79. The van der Waals surface area contributed by atoms with Gasteiger partial charge in [-0.25, -0.2) is 4.39 Å². The van der Waals surface area contributed by atoms with E-state index in [-0.39, 0.29) is 53.6 Å². The Hall–Kier alpha value is -1.38. The zero-order chi connectivity index (χ0) is 17.1. The molecule has 1 saturated carbocycles. The second kappa shape index (κ2) is 8.82. The number of hydrogen-bond acceptors (Lipinski definition) is 2. The summed E-state index contributed by atoms with van der Waals surface area (Å²) in [7, 11) is 1.76. The predicted octanol–water partition coefficient (Wildman–Crippen LogP) is 2.46. The summed E-state index contributed by atoms with van der Waals surface area (Å²) < 4.78 is 13.9. The molecule has 1 aromatic rings. The van der Waals surface area contributed by atoms with Crippen molar-refractivity contribution in [3.63, 3.8) is 0 Å². The lowest BCUT2D eigenvalue weighted by Crippen LogP contribution is -2.48. The van der Waals surface area contributed by atoms with Crippen molar-refractivity contribution in [2.45, 2.75) is 37.6 Å². The van der Waals surface area contributed by atoms with E-state index in [0.717, 1.165) is 43.9 Å². The fraction of sp³-hybridized carbons (Fsp3) is 0.556. The minimum Gasteiger partial charge on any atom is -0.370 e. The van der Waals surface area contributed by atoms with Crippen molar-refractivity contribution in [3.05, 3.63) is 35.6 Å². The predicted molar refractivity (Wildman–Crippen MR) is 108 cm³/mol. The smallest absolute Gasteiger partial charge is 0.217 e. The SMILES string of the molecule is CN=C(NC1CC1c1ccccc1F)N1CCCC(CC(N)=O)C1.I. The third kappa shape index (κ3) is 5.05. The van der Waals surface area contributed by atoms with Crippen LogP contribution >= 0.6 is 24.0 Å². The number of primary amides is 1. The number of hydrogen-bond donors (Lipinski definition) is 2. The molecule has 1 saturated heterocycles. The zero-order valence-electron chi connectivity index (χ0n) is 14.5. The van der Waals surface area contributed by atoms with Crippen molar-refractivity contribution < 1.29 is 9.18 Å². The Bertz CT molecular complexity index is 639. The molecule has 3 unspecified atom stereocenters. The van der Waals surface area contributed by atoms with Crippen LogP contribution in [0.25, 0.3) is 0 Å². The van der Waals surface area contributed by atoms with Crippen LogP contribution in [0.3, 0.4) is 0 Å². The second-order valence-electron chi connectivity index (χ2n) is 6.79. The summed E-state index contributed by atoms with van der Waals surface area (Å²) in [6, 6.07) is 7.18. The third-order valence-electron chi connectivity index (χ3n) is 4.93. The first kappa shape index (κ1) is 19.9. The van der Waals surface area contributed by atoms with Gasteiger partial charge in [-0.05, 0) is 36.8 Å². The topological polar surface area (TPSA) is 70.7 Å². The Morgan fingerprint density at radius 2 is 2.20 bits per heavy atom. The largest absolute Gasteiger partial charge is 0.370 e. The molecule has 7 heteroatoms. The number of nitrogens with zero attached hydrogens (tertiary/aromatic N) is 2. The van der Waals surface area contributed by atoms with E-state index in [0.29, 0.717) is 6.42 Å². The molecule has 2 aliphatic rings. The molecule has 3 rings (SSSR count). The highest BCUT2D eigenvalue weighted by Gasteiger charge is 2.41. The number of guanidine groups is 1. The first-order chi connectivity index (χ1) is 11.6. The maximum Gasteiger partial charge on any atom is 0.217 e. The van der Waals surface area contributed by atoms with Gasteiger partial charge >= 0.3 is 0 Å². The van der Waals surface area contributed by atoms with Crippen molar-refractivity contribution >= 4 is 35.8 Å². The van der Waals surface area contributed by atoms with Gasteiger partial charge in [0.05, 0.1) is 0 Å². The lowest BCUT2D eigenvalue weighted by Gasteiger charge is -2.34. The van der Waals surface area contributed by atoms with Gasteiger partial charge in [-0.3, -0.25) is 9.79 Å². The number of aliphatic imine (C=N–C) groups is 1. The van der Waals surface area contributed by atoms with Crippen LogP contribution in [0.5, 0.6) is 0 Å². The maximum atomic E-state index is 13.9. The van der Waals surface area contributed by atoms with Crippen LogP contribution in [0.1, 0.15) is 37.2 Å². The highest BCUT2D eigenvalue weighted by atomic mass is 127. The highest BCUT2D eigenvalue weighted by Crippen LogP contribution is 2.42. The van der Waals surface area contributed by atoms with E-state index in [1.807, 2.05) is 12.1 Å². The molecule has 0 aromatic heterocycles. The Morgan fingerprint density at radius 1 is 1.44 bits per heavy atom. The molecule has 1 amide bonds. The molecule has 25 heavy (non-hydrogen) atoms. The molecule has 1 aliphatic carbocycles. The van der Waals surface area contributed by atoms with E-state index in [1.54, 1.807) is 13.1 Å². The minimum atomic E-state index is -0.244. The van der Waals surface area contributed by atoms with Crippen LogP contribution in [-0.2, 0) is 4.79 Å².